The van der Waals surface area contributed by atoms with E-state index in [4.69, 9.17) is 9.72 Å². The quantitative estimate of drug-likeness (QED) is 0.463. The molecule has 8 heteroatoms. The van der Waals surface area contributed by atoms with Crippen molar-refractivity contribution < 1.29 is 14.6 Å². The summed E-state index contributed by atoms with van der Waals surface area (Å²) in [4.78, 5) is 19.8. The summed E-state index contributed by atoms with van der Waals surface area (Å²) < 4.78 is 8.66. The molecule has 4 atom stereocenters. The van der Waals surface area contributed by atoms with Gasteiger partial charge in [-0.05, 0) is 87.6 Å². The van der Waals surface area contributed by atoms with Gasteiger partial charge >= 0.3 is 0 Å². The zero-order chi connectivity index (χ0) is 22.0. The molecule has 1 aliphatic carbocycles. The fraction of sp³-hybridized carbons (Fsp3) is 0.636. The Morgan fingerprint density at radius 2 is 1.93 bits per heavy atom. The minimum absolute atomic E-state index is 0.00519. The van der Waals surface area contributed by atoms with Crippen LogP contribution in [0, 0.1) is 28.4 Å². The standard InChI is InChI=1S/C22H31IN4O3/c1-12-8-7-9-27-16(12)17(23)24-19(27)22(5,6)25-18(28)15-13-10-26(11-14(13)15)20(29)30-21(2,3)4/h7-9,13-15,20,29H,10-11H2,1-6H3,(H,25,28)/t13-,14+,15?,20?. The summed E-state index contributed by atoms with van der Waals surface area (Å²) >= 11 is 2.26. The predicted molar refractivity (Wildman–Crippen MR) is 123 cm³/mol. The molecule has 0 bridgehead atoms. The summed E-state index contributed by atoms with van der Waals surface area (Å²) in [5, 5.41) is 13.5. The molecule has 1 saturated carbocycles. The van der Waals surface area contributed by atoms with E-state index in [1.807, 2.05) is 51.8 Å². The largest absolute Gasteiger partial charge is 0.356 e. The Hall–Kier alpha value is -1.23. The molecule has 0 aromatic carbocycles. The van der Waals surface area contributed by atoms with Gasteiger partial charge in [-0.25, -0.2) is 4.98 Å². The average Bonchev–Trinajstić information content (AvgIpc) is 2.95. The molecule has 0 radical (unpaired) electrons. The first-order valence-electron chi connectivity index (χ1n) is 10.4. The number of aliphatic hydroxyl groups excluding tert-OH is 1. The lowest BCUT2D eigenvalue weighted by Gasteiger charge is -2.31. The number of imidazole rings is 1. The molecule has 2 unspecified atom stereocenters. The summed E-state index contributed by atoms with van der Waals surface area (Å²) in [5.74, 6) is 1.45. The number of piperidine rings is 1. The number of carbonyl (C=O) groups excluding carboxylic acids is 1. The summed E-state index contributed by atoms with van der Waals surface area (Å²) in [5.41, 5.74) is 1.25. The first-order chi connectivity index (χ1) is 13.9. The number of halogens is 1. The lowest BCUT2D eigenvalue weighted by atomic mass is 10.0. The van der Waals surface area contributed by atoms with Crippen LogP contribution in [0.1, 0.15) is 46.0 Å². The Balaban J connectivity index is 1.42. The number of hydrogen-bond acceptors (Lipinski definition) is 5. The van der Waals surface area contributed by atoms with Gasteiger partial charge in [0.2, 0.25) is 12.3 Å². The number of aryl methyl sites for hydroxylation is 1. The van der Waals surface area contributed by atoms with Crippen LogP contribution in [0.3, 0.4) is 0 Å². The summed E-state index contributed by atoms with van der Waals surface area (Å²) in [6.07, 6.45) is 1.08. The highest BCUT2D eigenvalue weighted by molar-refractivity contribution is 14.1. The van der Waals surface area contributed by atoms with Crippen molar-refractivity contribution in [1.29, 1.82) is 0 Å². The fourth-order valence-corrected chi connectivity index (χ4v) is 5.58. The van der Waals surface area contributed by atoms with Crippen molar-refractivity contribution in [2.45, 2.75) is 59.1 Å². The molecule has 1 amide bonds. The number of carbonyl (C=O) groups is 1. The van der Waals surface area contributed by atoms with Crippen LogP contribution in [0.5, 0.6) is 0 Å². The van der Waals surface area contributed by atoms with Crippen LogP contribution < -0.4 is 5.32 Å². The van der Waals surface area contributed by atoms with E-state index >= 15 is 0 Å². The Labute approximate surface area is 191 Å². The minimum Gasteiger partial charge on any atom is -0.356 e. The van der Waals surface area contributed by atoms with E-state index in [2.05, 4.69) is 45.3 Å². The zero-order valence-electron chi connectivity index (χ0n) is 18.4. The molecule has 2 N–H and O–H groups in total. The van der Waals surface area contributed by atoms with Gasteiger partial charge in [0.1, 0.15) is 9.53 Å². The molecule has 4 rings (SSSR count). The summed E-state index contributed by atoms with van der Waals surface area (Å²) in [7, 11) is 0. The van der Waals surface area contributed by atoms with E-state index < -0.39 is 17.6 Å². The second kappa shape index (κ2) is 7.43. The molecular formula is C22H31IN4O3. The number of aliphatic hydroxyl groups is 1. The van der Waals surface area contributed by atoms with E-state index in [-0.39, 0.29) is 23.7 Å². The third-order valence-corrected chi connectivity index (χ3v) is 6.87. The summed E-state index contributed by atoms with van der Waals surface area (Å²) in [6, 6.07) is 4.08. The molecule has 2 aliphatic rings. The van der Waals surface area contributed by atoms with Crippen LogP contribution in [0.4, 0.5) is 0 Å². The minimum atomic E-state index is -0.917. The number of amides is 1. The van der Waals surface area contributed by atoms with Crippen LogP contribution in [-0.2, 0) is 15.1 Å². The maximum atomic E-state index is 13.1. The van der Waals surface area contributed by atoms with Crippen molar-refractivity contribution in [3.05, 3.63) is 33.4 Å². The topological polar surface area (TPSA) is 79.1 Å². The van der Waals surface area contributed by atoms with Gasteiger partial charge in [0.25, 0.3) is 0 Å². The average molecular weight is 526 g/mol. The number of fused-ring (bicyclic) bond motifs is 2. The first kappa shape index (κ1) is 22.0. The molecule has 2 aromatic rings. The van der Waals surface area contributed by atoms with Gasteiger partial charge in [-0.1, -0.05) is 6.07 Å². The highest BCUT2D eigenvalue weighted by Crippen LogP contribution is 2.52. The number of rotatable bonds is 5. The third kappa shape index (κ3) is 3.99. The van der Waals surface area contributed by atoms with Gasteiger partial charge in [-0.15, -0.1) is 0 Å². The van der Waals surface area contributed by atoms with E-state index in [1.54, 1.807) is 0 Å². The SMILES string of the molecule is Cc1cccn2c(C(C)(C)NC(=O)C3[C@H]4CN(C(O)OC(C)(C)C)C[C@@H]34)nc(I)c12. The lowest BCUT2D eigenvalue weighted by molar-refractivity contribution is -0.236. The first-order valence-corrected chi connectivity index (χ1v) is 11.5. The molecule has 1 saturated heterocycles. The number of ether oxygens (including phenoxy) is 1. The fourth-order valence-electron chi connectivity index (χ4n) is 4.66. The Morgan fingerprint density at radius 3 is 2.53 bits per heavy atom. The van der Waals surface area contributed by atoms with Crippen molar-refractivity contribution in [3.63, 3.8) is 0 Å². The highest BCUT2D eigenvalue weighted by Gasteiger charge is 2.60. The van der Waals surface area contributed by atoms with E-state index in [9.17, 15) is 9.90 Å². The Kier molecular flexibility index (Phi) is 5.44. The van der Waals surface area contributed by atoms with E-state index in [0.717, 1.165) is 20.6 Å². The highest BCUT2D eigenvalue weighted by atomic mass is 127. The van der Waals surface area contributed by atoms with Gasteiger partial charge in [0.15, 0.2) is 0 Å². The monoisotopic (exact) mass is 526 g/mol. The van der Waals surface area contributed by atoms with Crippen LogP contribution in [0.2, 0.25) is 0 Å². The van der Waals surface area contributed by atoms with Crippen LogP contribution in [-0.4, -0.2) is 50.4 Å². The van der Waals surface area contributed by atoms with Gasteiger partial charge < -0.3 is 19.6 Å². The molecule has 1 aliphatic heterocycles. The Morgan fingerprint density at radius 1 is 1.30 bits per heavy atom. The molecular weight excluding hydrogens is 495 g/mol. The van der Waals surface area contributed by atoms with Gasteiger partial charge in [-0.3, -0.25) is 9.69 Å². The van der Waals surface area contributed by atoms with Crippen LogP contribution in [0.15, 0.2) is 18.3 Å². The smallest absolute Gasteiger partial charge is 0.224 e. The van der Waals surface area contributed by atoms with Crippen molar-refractivity contribution in [2.75, 3.05) is 13.1 Å². The van der Waals surface area contributed by atoms with Crippen molar-refractivity contribution >= 4 is 34.0 Å². The molecule has 164 valence electrons. The normalized spacial score (nSPS) is 25.4. The second-order valence-corrected chi connectivity index (χ2v) is 11.1. The summed E-state index contributed by atoms with van der Waals surface area (Å²) in [6.45, 7) is 13.2. The number of nitrogens with one attached hydrogen (secondary N) is 1. The van der Waals surface area contributed by atoms with Gasteiger partial charge in [-0.2, -0.15) is 0 Å². The third-order valence-electron chi connectivity index (χ3n) is 6.11. The number of pyridine rings is 1. The molecule has 3 heterocycles. The number of aromatic nitrogens is 2. The maximum absolute atomic E-state index is 13.1. The van der Waals surface area contributed by atoms with Crippen LogP contribution in [0.25, 0.3) is 5.52 Å². The number of likely N-dealkylation sites (tertiary alicyclic amines) is 1. The zero-order valence-corrected chi connectivity index (χ0v) is 20.6. The molecule has 0 spiro atoms. The van der Waals surface area contributed by atoms with Gasteiger partial charge in [0.05, 0.1) is 16.7 Å². The van der Waals surface area contributed by atoms with Gasteiger partial charge in [0, 0.05) is 25.2 Å². The number of nitrogens with zero attached hydrogens (tertiary/aromatic N) is 3. The van der Waals surface area contributed by atoms with E-state index in [1.165, 1.54) is 0 Å². The predicted octanol–water partition coefficient (Wildman–Crippen LogP) is 2.87. The van der Waals surface area contributed by atoms with Crippen LogP contribution >= 0.6 is 22.6 Å². The van der Waals surface area contributed by atoms with Crippen molar-refractivity contribution in [2.24, 2.45) is 17.8 Å². The lowest BCUT2D eigenvalue weighted by Crippen LogP contribution is -2.46. The Bertz CT molecular complexity index is 969. The van der Waals surface area contributed by atoms with Crippen molar-refractivity contribution in [3.8, 4) is 0 Å². The maximum Gasteiger partial charge on any atom is 0.224 e. The van der Waals surface area contributed by atoms with E-state index in [0.29, 0.717) is 13.1 Å². The molecule has 2 fully saturated rings. The molecule has 7 nitrogen and oxygen atoms in total. The second-order valence-electron chi connectivity index (χ2n) is 10.1. The molecule has 2 aromatic heterocycles. The van der Waals surface area contributed by atoms with Crippen molar-refractivity contribution in [1.82, 2.24) is 19.6 Å². The molecule has 30 heavy (non-hydrogen) atoms. The number of hydrogen-bond donors (Lipinski definition) is 2.